The van der Waals surface area contributed by atoms with E-state index >= 15 is 0 Å². The van der Waals surface area contributed by atoms with E-state index in [9.17, 15) is 5.11 Å². The zero-order valence-corrected chi connectivity index (χ0v) is 17.2. The summed E-state index contributed by atoms with van der Waals surface area (Å²) < 4.78 is 6.35. The van der Waals surface area contributed by atoms with Crippen molar-refractivity contribution in [2.45, 2.75) is 12.8 Å². The number of aromatic hydroxyl groups is 1. The van der Waals surface area contributed by atoms with Gasteiger partial charge in [0.1, 0.15) is 11.5 Å². The fraction of sp³-hybridized carbons (Fsp3) is 0.120. The highest BCUT2D eigenvalue weighted by Crippen LogP contribution is 2.40. The Bertz CT molecular complexity index is 1110. The van der Waals surface area contributed by atoms with E-state index < -0.39 is 0 Å². The van der Waals surface area contributed by atoms with Gasteiger partial charge in [0.2, 0.25) is 0 Å². The molecular formula is C25H21BrO2. The maximum absolute atomic E-state index is 10.7. The van der Waals surface area contributed by atoms with E-state index in [0.29, 0.717) is 10.9 Å². The number of hydrogen-bond donors (Lipinski definition) is 1. The van der Waals surface area contributed by atoms with Crippen molar-refractivity contribution < 1.29 is 9.84 Å². The van der Waals surface area contributed by atoms with Gasteiger partial charge in [0.25, 0.3) is 0 Å². The molecule has 4 rings (SSSR count). The van der Waals surface area contributed by atoms with Crippen LogP contribution >= 0.6 is 15.9 Å². The Hall–Kier alpha value is -2.78. The third-order valence-corrected chi connectivity index (χ3v) is 5.81. The number of phenolic OH excluding ortho intramolecular Hbond substituents is 1. The van der Waals surface area contributed by atoms with E-state index in [2.05, 4.69) is 64.5 Å². The van der Waals surface area contributed by atoms with E-state index in [1.54, 1.807) is 7.11 Å². The molecule has 2 nitrogen and oxygen atoms in total. The molecule has 0 aliphatic rings. The largest absolute Gasteiger partial charge is 0.506 e. The third-order valence-electron chi connectivity index (χ3n) is 5.01. The molecule has 0 aliphatic carbocycles. The number of methoxy groups -OCH3 is 1. The molecule has 0 aliphatic heterocycles. The first-order valence-electron chi connectivity index (χ1n) is 9.24. The first-order valence-corrected chi connectivity index (χ1v) is 10.0. The van der Waals surface area contributed by atoms with E-state index in [4.69, 9.17) is 4.74 Å². The Morgan fingerprint density at radius 2 is 1.32 bits per heavy atom. The Morgan fingerprint density at radius 1 is 0.786 bits per heavy atom. The highest BCUT2D eigenvalue weighted by Gasteiger charge is 2.15. The fourth-order valence-electron chi connectivity index (χ4n) is 3.57. The molecule has 0 aromatic heterocycles. The van der Waals surface area contributed by atoms with Gasteiger partial charge < -0.3 is 9.84 Å². The molecule has 0 radical (unpaired) electrons. The van der Waals surface area contributed by atoms with Gasteiger partial charge in [-0.25, -0.2) is 0 Å². The Labute approximate surface area is 173 Å². The van der Waals surface area contributed by atoms with Crippen LogP contribution in [-0.4, -0.2) is 12.2 Å². The van der Waals surface area contributed by atoms with Gasteiger partial charge in [-0.1, -0.05) is 60.7 Å². The van der Waals surface area contributed by atoms with Crippen LogP contribution in [0.4, 0.5) is 0 Å². The zero-order chi connectivity index (χ0) is 19.5. The minimum atomic E-state index is 0.286. The zero-order valence-electron chi connectivity index (χ0n) is 15.7. The van der Waals surface area contributed by atoms with Crippen LogP contribution in [0.25, 0.3) is 10.8 Å². The van der Waals surface area contributed by atoms with Crippen molar-refractivity contribution in [2.24, 2.45) is 0 Å². The predicted octanol–water partition coefficient (Wildman–Crippen LogP) is 6.50. The van der Waals surface area contributed by atoms with Gasteiger partial charge in [0.15, 0.2) is 0 Å². The van der Waals surface area contributed by atoms with E-state index in [0.717, 1.165) is 34.1 Å². The lowest BCUT2D eigenvalue weighted by atomic mass is 9.96. The maximum atomic E-state index is 10.7. The van der Waals surface area contributed by atoms with Crippen LogP contribution in [0.3, 0.4) is 0 Å². The van der Waals surface area contributed by atoms with Crippen LogP contribution in [0.1, 0.15) is 22.3 Å². The molecule has 0 saturated heterocycles. The van der Waals surface area contributed by atoms with E-state index in [-0.39, 0.29) is 5.75 Å². The second-order valence-corrected chi connectivity index (χ2v) is 7.70. The van der Waals surface area contributed by atoms with Gasteiger partial charge in [-0.3, -0.25) is 0 Å². The van der Waals surface area contributed by atoms with Gasteiger partial charge >= 0.3 is 0 Å². The van der Waals surface area contributed by atoms with Gasteiger partial charge in [0, 0.05) is 23.8 Å². The van der Waals surface area contributed by atoms with Crippen molar-refractivity contribution in [1.82, 2.24) is 0 Å². The third kappa shape index (κ3) is 3.76. The summed E-state index contributed by atoms with van der Waals surface area (Å²) in [5.41, 5.74) is 4.44. The molecule has 1 N–H and O–H groups in total. The minimum absolute atomic E-state index is 0.286. The summed E-state index contributed by atoms with van der Waals surface area (Å²) in [7, 11) is 1.69. The number of rotatable bonds is 5. The molecule has 0 amide bonds. The molecule has 140 valence electrons. The van der Waals surface area contributed by atoms with Gasteiger partial charge in [-0.05, 0) is 56.2 Å². The summed E-state index contributed by atoms with van der Waals surface area (Å²) in [6.07, 6.45) is 1.48. The minimum Gasteiger partial charge on any atom is -0.506 e. The number of benzene rings is 4. The SMILES string of the molecule is COc1cc2c(Br)c(O)c(Cc3ccccc3)cc2cc1Cc1ccccc1. The molecule has 0 unspecified atom stereocenters. The molecule has 4 aromatic rings. The number of ether oxygens (including phenoxy) is 1. The fourth-order valence-corrected chi connectivity index (χ4v) is 4.17. The van der Waals surface area contributed by atoms with Crippen molar-refractivity contribution in [3.63, 3.8) is 0 Å². The molecule has 4 aromatic carbocycles. The van der Waals surface area contributed by atoms with Crippen molar-refractivity contribution >= 4 is 26.7 Å². The Balaban J connectivity index is 1.80. The molecule has 0 fully saturated rings. The van der Waals surface area contributed by atoms with E-state index in [1.807, 2.05) is 30.3 Å². The van der Waals surface area contributed by atoms with Crippen molar-refractivity contribution in [2.75, 3.05) is 7.11 Å². The lowest BCUT2D eigenvalue weighted by Gasteiger charge is -2.15. The summed E-state index contributed by atoms with van der Waals surface area (Å²) in [6.45, 7) is 0. The lowest BCUT2D eigenvalue weighted by molar-refractivity contribution is 0.411. The summed E-state index contributed by atoms with van der Waals surface area (Å²) in [4.78, 5) is 0. The highest BCUT2D eigenvalue weighted by molar-refractivity contribution is 9.10. The number of phenols is 1. The van der Waals surface area contributed by atoms with Crippen LogP contribution in [0.15, 0.2) is 83.3 Å². The average Bonchev–Trinajstić information content (AvgIpc) is 2.73. The summed E-state index contributed by atoms with van der Waals surface area (Å²) in [6, 6.07) is 26.8. The first kappa shape index (κ1) is 18.6. The van der Waals surface area contributed by atoms with Crippen LogP contribution in [0.5, 0.6) is 11.5 Å². The molecule has 0 bridgehead atoms. The van der Waals surface area contributed by atoms with Crippen LogP contribution in [0.2, 0.25) is 0 Å². The topological polar surface area (TPSA) is 29.5 Å². The predicted molar refractivity (Wildman–Crippen MR) is 118 cm³/mol. The molecule has 3 heteroatoms. The van der Waals surface area contributed by atoms with Crippen LogP contribution in [0, 0.1) is 0 Å². The smallest absolute Gasteiger partial charge is 0.133 e. The first-order chi connectivity index (χ1) is 13.7. The van der Waals surface area contributed by atoms with Crippen LogP contribution < -0.4 is 4.74 Å². The van der Waals surface area contributed by atoms with E-state index in [1.165, 1.54) is 11.1 Å². The van der Waals surface area contributed by atoms with Crippen molar-refractivity contribution in [1.29, 1.82) is 0 Å². The molecular weight excluding hydrogens is 412 g/mol. The Morgan fingerprint density at radius 3 is 1.89 bits per heavy atom. The molecule has 0 heterocycles. The van der Waals surface area contributed by atoms with Gasteiger partial charge in [-0.15, -0.1) is 0 Å². The molecule has 0 saturated carbocycles. The van der Waals surface area contributed by atoms with Gasteiger partial charge in [0.05, 0.1) is 11.6 Å². The summed E-state index contributed by atoms with van der Waals surface area (Å²) in [5.74, 6) is 1.11. The summed E-state index contributed by atoms with van der Waals surface area (Å²) >= 11 is 3.59. The quantitative estimate of drug-likeness (QED) is 0.390. The number of hydrogen-bond acceptors (Lipinski definition) is 2. The number of fused-ring (bicyclic) bond motifs is 1. The second kappa shape index (κ2) is 8.07. The van der Waals surface area contributed by atoms with Crippen molar-refractivity contribution in [3.05, 3.63) is 106 Å². The molecule has 0 atom stereocenters. The maximum Gasteiger partial charge on any atom is 0.133 e. The lowest BCUT2D eigenvalue weighted by Crippen LogP contribution is -1.96. The monoisotopic (exact) mass is 432 g/mol. The Kier molecular flexibility index (Phi) is 5.36. The molecule has 0 spiro atoms. The number of halogens is 1. The second-order valence-electron chi connectivity index (χ2n) is 6.91. The molecule has 28 heavy (non-hydrogen) atoms. The summed E-state index contributed by atoms with van der Waals surface area (Å²) in [5, 5.41) is 12.8. The average molecular weight is 433 g/mol. The normalized spacial score (nSPS) is 10.9. The standard InChI is InChI=1S/C25H21BrO2/c1-28-23-16-22-19(14-20(23)12-17-8-4-2-5-9-17)15-21(25(27)24(22)26)13-18-10-6-3-7-11-18/h2-11,14-16,27H,12-13H2,1H3. The van der Waals surface area contributed by atoms with Crippen molar-refractivity contribution in [3.8, 4) is 11.5 Å². The van der Waals surface area contributed by atoms with Crippen LogP contribution in [-0.2, 0) is 12.8 Å². The van der Waals surface area contributed by atoms with Gasteiger partial charge in [-0.2, -0.15) is 0 Å². The highest BCUT2D eigenvalue weighted by atomic mass is 79.9.